The number of carboxylic acids is 2. The Hall–Kier alpha value is 3.53. The minimum absolute atomic E-state index is 1.44. The van der Waals surface area contributed by atoms with Gasteiger partial charge in [-0.15, -0.1) is 0 Å². The molecule has 0 amide bonds. The van der Waals surface area contributed by atoms with Gasteiger partial charge in [0.15, 0.2) is 44.2 Å². The third-order valence-corrected chi connectivity index (χ3v) is 20.9. The van der Waals surface area contributed by atoms with E-state index in [1.165, 1.54) is 0 Å². The van der Waals surface area contributed by atoms with Gasteiger partial charge < -0.3 is 10.2 Å². The molecular weight excluding hydrogens is 863 g/mol. The van der Waals surface area contributed by atoms with E-state index in [0.717, 1.165) is 0 Å². The molecule has 2 aliphatic rings. The molecule has 0 aromatic heterocycles. The lowest BCUT2D eigenvalue weighted by molar-refractivity contribution is -0.142. The van der Waals surface area contributed by atoms with Crippen LogP contribution in [0.3, 0.4) is 0 Å². The highest BCUT2D eigenvalue weighted by Gasteiger charge is 2.91. The molecule has 6 nitrogen and oxygen atoms in total. The molecule has 2 saturated carbocycles. The molecule has 37 heavy (non-hydrogen) atoms. The molecule has 2 N–H and O–H groups in total. The smallest absolute Gasteiger partial charge is 0.331 e. The lowest BCUT2D eigenvalue weighted by Crippen LogP contribution is -2.82. The second-order valence-electron chi connectivity index (χ2n) is 7.95. The van der Waals surface area contributed by atoms with Gasteiger partial charge in [0.25, 0.3) is 0 Å². The zero-order valence-electron chi connectivity index (χ0n) is 16.4. The van der Waals surface area contributed by atoms with E-state index in [-0.39, 0.29) is 0 Å². The summed E-state index contributed by atoms with van der Waals surface area (Å²) in [6.07, 6.45) is -2.89. The second-order valence-corrected chi connectivity index (χ2v) is 21.5. The average molecular weight is 870 g/mol. The Morgan fingerprint density at radius 3 is 0.892 bits per heavy atom. The number of aliphatic carboxylic acids is 2. The molecular formula is C14H6Cl16O6S. The van der Waals surface area contributed by atoms with Crippen LogP contribution in [0.15, 0.2) is 0 Å². The molecule has 0 bridgehead atoms. The quantitative estimate of drug-likeness (QED) is 0.276. The van der Waals surface area contributed by atoms with Crippen molar-refractivity contribution in [2.75, 3.05) is 0 Å². The van der Waals surface area contributed by atoms with Gasteiger partial charge in [-0.05, 0) is 0 Å². The van der Waals surface area contributed by atoms with Crippen LogP contribution in [-0.2, 0) is 19.4 Å². The topological polar surface area (TPSA) is 109 Å². The lowest BCUT2D eigenvalue weighted by Gasteiger charge is -2.62. The first-order valence-corrected chi connectivity index (χ1v) is 16.1. The summed E-state index contributed by atoms with van der Waals surface area (Å²) in [7, 11) is -5.92. The van der Waals surface area contributed by atoms with Gasteiger partial charge in [-0.3, -0.25) is 9.59 Å². The number of carboxylic acid groups (broad SMARTS) is 2. The van der Waals surface area contributed by atoms with Crippen LogP contribution in [0.2, 0.25) is 0 Å². The van der Waals surface area contributed by atoms with E-state index in [1.54, 1.807) is 0 Å². The van der Waals surface area contributed by atoms with Gasteiger partial charge in [-0.25, -0.2) is 8.42 Å². The number of alkyl halides is 16. The van der Waals surface area contributed by atoms with E-state index in [9.17, 15) is 28.2 Å². The van der Waals surface area contributed by atoms with Crippen LogP contribution in [0.1, 0.15) is 12.8 Å². The molecule has 0 heterocycles. The van der Waals surface area contributed by atoms with E-state index in [2.05, 4.69) is 0 Å². The number of sulfone groups is 1. The van der Waals surface area contributed by atoms with E-state index in [0.29, 0.717) is 0 Å². The van der Waals surface area contributed by atoms with Crippen molar-refractivity contribution < 1.29 is 28.2 Å². The SMILES string of the molecule is O=C(O)C1(Cl)C(Cl)(Cl)C(Cl)(Cl)CC(Cl)(S(=O)(=O)C2(Cl)CC(Cl)(Cl)C(Cl)(Cl)C(Cl)(C(=O)O)C2(Cl)Cl)C1(Cl)Cl. The van der Waals surface area contributed by atoms with Crippen molar-refractivity contribution in [3.05, 3.63) is 0 Å². The van der Waals surface area contributed by atoms with Crippen LogP contribution < -0.4 is 0 Å². The second kappa shape index (κ2) is 9.76. The minimum Gasteiger partial charge on any atom is -0.480 e. The van der Waals surface area contributed by atoms with Crippen LogP contribution in [0, 0.1) is 0 Å². The summed E-state index contributed by atoms with van der Waals surface area (Å²) in [5, 5.41) is 19.8. The Labute approximate surface area is 289 Å². The molecule has 0 radical (unpaired) electrons. The molecule has 0 spiro atoms. The van der Waals surface area contributed by atoms with Crippen LogP contribution in [0.4, 0.5) is 0 Å². The highest BCUT2D eigenvalue weighted by atomic mass is 35.6. The summed E-state index contributed by atoms with van der Waals surface area (Å²) in [6.45, 7) is 0. The fourth-order valence-electron chi connectivity index (χ4n) is 3.75. The summed E-state index contributed by atoms with van der Waals surface area (Å²) in [5.74, 6) is -4.52. The van der Waals surface area contributed by atoms with Gasteiger partial charge in [0.1, 0.15) is 0 Å². The Kier molecular flexibility index (Phi) is 9.69. The summed E-state index contributed by atoms with van der Waals surface area (Å²) < 4.78 is 2.50. The summed E-state index contributed by atoms with van der Waals surface area (Å²) >= 11 is 99.1. The summed E-state index contributed by atoms with van der Waals surface area (Å²) in [6, 6.07) is 0. The van der Waals surface area contributed by atoms with Crippen LogP contribution >= 0.6 is 186 Å². The normalized spacial score (nSPS) is 41.5. The third kappa shape index (κ3) is 4.03. The molecule has 2 fully saturated rings. The number of hydrogen-bond donors (Lipinski definition) is 2. The van der Waals surface area contributed by atoms with Gasteiger partial charge >= 0.3 is 11.9 Å². The summed E-state index contributed by atoms with van der Waals surface area (Å²) in [4.78, 5) is 17.5. The molecule has 23 heteroatoms. The number of rotatable bonds is 4. The van der Waals surface area contributed by atoms with Crippen LogP contribution in [-0.4, -0.2) is 74.7 Å². The molecule has 0 aromatic carbocycles. The Morgan fingerprint density at radius 2 is 0.703 bits per heavy atom. The van der Waals surface area contributed by atoms with Crippen molar-refractivity contribution >= 4 is 207 Å². The van der Waals surface area contributed by atoms with E-state index in [1.807, 2.05) is 0 Å². The van der Waals surface area contributed by atoms with E-state index < -0.39 is 78.8 Å². The van der Waals surface area contributed by atoms with Crippen molar-refractivity contribution in [2.24, 2.45) is 0 Å². The van der Waals surface area contributed by atoms with Gasteiger partial charge in [-0.2, -0.15) is 0 Å². The van der Waals surface area contributed by atoms with E-state index >= 15 is 0 Å². The number of hydrogen-bond acceptors (Lipinski definition) is 4. The van der Waals surface area contributed by atoms with Crippen LogP contribution in [0.5, 0.6) is 0 Å². The van der Waals surface area contributed by atoms with Gasteiger partial charge in [-0.1, -0.05) is 186 Å². The van der Waals surface area contributed by atoms with Gasteiger partial charge in [0, 0.05) is 12.8 Å². The predicted molar refractivity (Wildman–Crippen MR) is 154 cm³/mol. The zero-order valence-corrected chi connectivity index (χ0v) is 29.3. The number of carbonyl (C=O) groups is 2. The largest absolute Gasteiger partial charge is 0.480 e. The molecule has 216 valence electrons. The van der Waals surface area contributed by atoms with Crippen LogP contribution in [0.25, 0.3) is 0 Å². The Balaban J connectivity index is 3.09. The molecule has 0 saturated heterocycles. The summed E-state index contributed by atoms with van der Waals surface area (Å²) in [5.41, 5.74) is 0. The Bertz CT molecular complexity index is 1070. The lowest BCUT2D eigenvalue weighted by atomic mass is 9.83. The maximum Gasteiger partial charge on any atom is 0.331 e. The minimum atomic E-state index is -5.92. The highest BCUT2D eigenvalue weighted by molar-refractivity contribution is 7.97. The van der Waals surface area contributed by atoms with Crippen molar-refractivity contribution in [3.63, 3.8) is 0 Å². The average Bonchev–Trinajstić information content (AvgIpc) is 2.68. The maximum absolute atomic E-state index is 14.3. The predicted octanol–water partition coefficient (Wildman–Crippen LogP) is 8.25. The van der Waals surface area contributed by atoms with Gasteiger partial charge in [0.2, 0.25) is 9.75 Å². The molecule has 0 aliphatic heterocycles. The van der Waals surface area contributed by atoms with Gasteiger partial charge in [0.05, 0.1) is 0 Å². The number of halogens is 16. The molecule has 2 rings (SSSR count). The van der Waals surface area contributed by atoms with E-state index in [4.69, 9.17) is 186 Å². The zero-order chi connectivity index (χ0) is 30.1. The molecule has 0 aromatic rings. The molecule has 4 atom stereocenters. The fourth-order valence-corrected chi connectivity index (χ4v) is 14.6. The fraction of sp³-hybridized carbons (Fsp3) is 0.857. The highest BCUT2D eigenvalue weighted by Crippen LogP contribution is 2.76. The first-order valence-electron chi connectivity index (χ1n) is 8.53. The Morgan fingerprint density at radius 1 is 0.486 bits per heavy atom. The first kappa shape index (κ1) is 36.7. The van der Waals surface area contributed by atoms with Crippen molar-refractivity contribution in [3.8, 4) is 0 Å². The van der Waals surface area contributed by atoms with Crippen molar-refractivity contribution in [2.45, 2.75) is 57.0 Å². The molecule has 4 unspecified atom stereocenters. The standard InChI is InChI=1S/C14H6Cl16O6S/c15-5(16)1-7(19,13(27,28)9(21,3(31)32)11(5,23)24)37(35,36)8(20)2-6(17,18)12(25,26)10(22,4(33)34)14(8,29)30/h1-2H2,(H,31,32)(H,33,34). The monoisotopic (exact) mass is 861 g/mol. The first-order chi connectivity index (χ1) is 15.8. The third-order valence-electron chi connectivity index (χ3n) is 5.93. The van der Waals surface area contributed by atoms with Crippen molar-refractivity contribution in [1.29, 1.82) is 0 Å². The maximum atomic E-state index is 14.3. The van der Waals surface area contributed by atoms with Crippen molar-refractivity contribution in [1.82, 2.24) is 0 Å². The molecule has 2 aliphatic carbocycles.